The van der Waals surface area contributed by atoms with Gasteiger partial charge in [-0.2, -0.15) is 0 Å². The Morgan fingerprint density at radius 3 is 2.43 bits per heavy atom. The molecule has 4 rings (SSSR count). The molecule has 3 atom stereocenters. The zero-order valence-electron chi connectivity index (χ0n) is 20.1. The Labute approximate surface area is 203 Å². The van der Waals surface area contributed by atoms with E-state index in [9.17, 15) is 8.42 Å². The molecule has 12 nitrogen and oxygen atoms in total. The summed E-state index contributed by atoms with van der Waals surface area (Å²) in [6.07, 6.45) is 2.26. The Hall–Kier alpha value is -3.29. The van der Waals surface area contributed by atoms with Crippen LogP contribution in [0.4, 0.5) is 5.95 Å². The van der Waals surface area contributed by atoms with Crippen molar-refractivity contribution >= 4 is 16.0 Å². The van der Waals surface area contributed by atoms with Crippen LogP contribution >= 0.6 is 0 Å². The second-order valence-electron chi connectivity index (χ2n) is 8.05. The average Bonchev–Trinajstić information content (AvgIpc) is 3.20. The number of hydrogen-bond donors (Lipinski definition) is 1. The van der Waals surface area contributed by atoms with Gasteiger partial charge in [0.2, 0.25) is 16.0 Å². The number of methoxy groups -OCH3 is 3. The molecule has 1 aromatic carbocycles. The van der Waals surface area contributed by atoms with Crippen LogP contribution in [-0.2, 0) is 19.5 Å². The minimum atomic E-state index is -3.94. The predicted molar refractivity (Wildman–Crippen MR) is 127 cm³/mol. The van der Waals surface area contributed by atoms with E-state index >= 15 is 0 Å². The molecule has 2 aromatic heterocycles. The first-order valence-corrected chi connectivity index (χ1v) is 12.5. The van der Waals surface area contributed by atoms with Crippen molar-refractivity contribution in [1.82, 2.24) is 24.7 Å². The summed E-state index contributed by atoms with van der Waals surface area (Å²) >= 11 is 0. The zero-order valence-corrected chi connectivity index (χ0v) is 20.9. The van der Waals surface area contributed by atoms with Gasteiger partial charge in [-0.05, 0) is 19.1 Å². The Morgan fingerprint density at radius 2 is 1.77 bits per heavy atom. The van der Waals surface area contributed by atoms with E-state index in [0.717, 1.165) is 0 Å². The van der Waals surface area contributed by atoms with Crippen LogP contribution in [0.3, 0.4) is 0 Å². The summed E-state index contributed by atoms with van der Waals surface area (Å²) in [7, 11) is 0.567. The normalized spacial score (nSPS) is 17.0. The van der Waals surface area contributed by atoms with Gasteiger partial charge in [-0.25, -0.2) is 18.4 Å². The van der Waals surface area contributed by atoms with Gasteiger partial charge in [0.25, 0.3) is 0 Å². The predicted octanol–water partition coefficient (Wildman–Crippen LogP) is 2.23. The van der Waals surface area contributed by atoms with Crippen molar-refractivity contribution in [2.45, 2.75) is 37.3 Å². The van der Waals surface area contributed by atoms with Gasteiger partial charge in [-0.15, -0.1) is 10.2 Å². The highest BCUT2D eigenvalue weighted by atomic mass is 32.2. The van der Waals surface area contributed by atoms with Crippen LogP contribution < -0.4 is 14.2 Å². The van der Waals surface area contributed by atoms with Gasteiger partial charge < -0.3 is 18.9 Å². The van der Waals surface area contributed by atoms with E-state index in [1.165, 1.54) is 33.7 Å². The summed E-state index contributed by atoms with van der Waals surface area (Å²) in [5, 5.41) is 7.56. The highest BCUT2D eigenvalue weighted by molar-refractivity contribution is 7.93. The molecule has 13 heteroatoms. The molecule has 1 aliphatic heterocycles. The lowest BCUT2D eigenvalue weighted by molar-refractivity contribution is -0.137. The number of ether oxygens (including phenoxy) is 4. The first kappa shape index (κ1) is 24.8. The lowest BCUT2D eigenvalue weighted by atomic mass is 10.1. The number of rotatable bonds is 9. The third kappa shape index (κ3) is 4.79. The zero-order chi connectivity index (χ0) is 25.2. The molecule has 0 aliphatic carbocycles. The quantitative estimate of drug-likeness (QED) is 0.431. The number of hydrogen-bond acceptors (Lipinski definition) is 10. The maximum Gasteiger partial charge on any atom is 0.239 e. The van der Waals surface area contributed by atoms with E-state index in [4.69, 9.17) is 18.9 Å². The summed E-state index contributed by atoms with van der Waals surface area (Å²) in [6, 6.07) is 6.76. The van der Waals surface area contributed by atoms with Crippen LogP contribution in [0.15, 0.2) is 36.7 Å². The molecule has 3 heterocycles. The van der Waals surface area contributed by atoms with Crippen molar-refractivity contribution < 1.29 is 27.4 Å². The molecule has 1 N–H and O–H groups in total. The number of fused-ring (bicyclic) bond motifs is 3. The molecule has 0 unspecified atom stereocenters. The molecule has 1 aliphatic rings. The Balaban J connectivity index is 1.69. The Bertz CT molecular complexity index is 1260. The van der Waals surface area contributed by atoms with Crippen molar-refractivity contribution in [2.75, 3.05) is 32.7 Å². The lowest BCUT2D eigenvalue weighted by Crippen LogP contribution is -2.35. The van der Waals surface area contributed by atoms with E-state index in [2.05, 4.69) is 24.9 Å². The topological polar surface area (TPSA) is 140 Å². The van der Waals surface area contributed by atoms with E-state index < -0.39 is 33.5 Å². The van der Waals surface area contributed by atoms with E-state index in [-0.39, 0.29) is 12.6 Å². The van der Waals surface area contributed by atoms with Gasteiger partial charge in [-0.3, -0.25) is 9.29 Å². The smallest absolute Gasteiger partial charge is 0.239 e. The van der Waals surface area contributed by atoms with Gasteiger partial charge in [0.1, 0.15) is 24.2 Å². The second-order valence-corrected chi connectivity index (χ2v) is 10.1. The van der Waals surface area contributed by atoms with Crippen molar-refractivity contribution in [3.63, 3.8) is 0 Å². The first-order valence-electron chi connectivity index (χ1n) is 10.9. The summed E-state index contributed by atoms with van der Waals surface area (Å²) in [5.41, 5.74) is 0.673. The molecule has 0 amide bonds. The summed E-state index contributed by atoms with van der Waals surface area (Å²) in [4.78, 5) is 8.47. The van der Waals surface area contributed by atoms with Crippen molar-refractivity contribution in [1.29, 1.82) is 0 Å². The fourth-order valence-electron chi connectivity index (χ4n) is 3.86. The molecule has 0 fully saturated rings. The number of aromatic nitrogens is 5. The Kier molecular flexibility index (Phi) is 7.19. The Morgan fingerprint density at radius 1 is 1.09 bits per heavy atom. The summed E-state index contributed by atoms with van der Waals surface area (Å²) in [6.45, 7) is 3.48. The van der Waals surface area contributed by atoms with Gasteiger partial charge in [0.05, 0.1) is 30.3 Å². The standard InChI is InChI=1S/C22H28N6O6S/c1-13(19-23-10-15(31-3)11-24-19)14(2)35(29,30)27-22-26-25-20-16-8-6-7-9-18(16)34-12-17(28(20)22)21(32-4)33-5/h6-11,13-14,17,21H,12H2,1-5H3,(H,26,27)/t13-,14-,17-/m0/s1. The monoisotopic (exact) mass is 504 g/mol. The van der Waals surface area contributed by atoms with Crippen LogP contribution in [0.25, 0.3) is 11.4 Å². The third-order valence-electron chi connectivity index (χ3n) is 6.06. The SMILES string of the molecule is COc1cnc([C@@H](C)[C@H](C)S(=O)(=O)Nc2nnc3n2[C@H](C(OC)OC)COc2ccccc2-3)nc1. The number of nitrogens with one attached hydrogen (secondary N) is 1. The number of benzene rings is 1. The fraction of sp³-hybridized carbons (Fsp3) is 0.455. The molecule has 3 aromatic rings. The molecule has 188 valence electrons. The molecule has 0 saturated carbocycles. The van der Waals surface area contributed by atoms with Gasteiger partial charge in [0.15, 0.2) is 17.9 Å². The first-order chi connectivity index (χ1) is 16.8. The van der Waals surface area contributed by atoms with Gasteiger partial charge in [0, 0.05) is 20.1 Å². The van der Waals surface area contributed by atoms with Crippen LogP contribution in [0.1, 0.15) is 31.6 Å². The maximum absolute atomic E-state index is 13.4. The minimum absolute atomic E-state index is 0.0269. The van der Waals surface area contributed by atoms with Crippen molar-refractivity contribution in [3.8, 4) is 22.9 Å². The van der Waals surface area contributed by atoms with Crippen LogP contribution in [0.2, 0.25) is 0 Å². The van der Waals surface area contributed by atoms with Gasteiger partial charge >= 0.3 is 0 Å². The highest BCUT2D eigenvalue weighted by Gasteiger charge is 2.36. The largest absolute Gasteiger partial charge is 0.494 e. The van der Waals surface area contributed by atoms with E-state index in [1.54, 1.807) is 18.4 Å². The second kappa shape index (κ2) is 10.1. The molecule has 35 heavy (non-hydrogen) atoms. The summed E-state index contributed by atoms with van der Waals surface area (Å²) < 4.78 is 53.1. The van der Waals surface area contributed by atoms with E-state index in [1.807, 2.05) is 24.3 Å². The number of nitrogens with zero attached hydrogens (tertiary/aromatic N) is 5. The van der Waals surface area contributed by atoms with Crippen LogP contribution in [0, 0.1) is 0 Å². The van der Waals surface area contributed by atoms with Crippen LogP contribution in [0.5, 0.6) is 11.5 Å². The van der Waals surface area contributed by atoms with Crippen molar-refractivity contribution in [3.05, 3.63) is 42.5 Å². The molecule has 0 spiro atoms. The molecule has 0 radical (unpaired) electrons. The highest BCUT2D eigenvalue weighted by Crippen LogP contribution is 2.37. The van der Waals surface area contributed by atoms with E-state index in [0.29, 0.717) is 28.7 Å². The number of anilines is 1. The molecular formula is C22H28N6O6S. The lowest BCUT2D eigenvalue weighted by Gasteiger charge is -2.27. The fourth-order valence-corrected chi connectivity index (χ4v) is 5.10. The molecule has 0 saturated heterocycles. The van der Waals surface area contributed by atoms with Gasteiger partial charge in [-0.1, -0.05) is 19.1 Å². The summed E-state index contributed by atoms with van der Waals surface area (Å²) in [5.74, 6) is 1.40. The van der Waals surface area contributed by atoms with Crippen LogP contribution in [-0.4, -0.2) is 72.6 Å². The third-order valence-corrected chi connectivity index (χ3v) is 7.92. The van der Waals surface area contributed by atoms with Crippen molar-refractivity contribution in [2.24, 2.45) is 0 Å². The molecule has 0 bridgehead atoms. The number of sulfonamides is 1. The molecular weight excluding hydrogens is 476 g/mol. The maximum atomic E-state index is 13.4. The number of para-hydroxylation sites is 1. The minimum Gasteiger partial charge on any atom is -0.494 e. The average molecular weight is 505 g/mol.